The highest BCUT2D eigenvalue weighted by Crippen LogP contribution is 2.41. The molecular formula is C17H15F3O3. The molecule has 1 saturated heterocycles. The van der Waals surface area contributed by atoms with Gasteiger partial charge in [-0.15, -0.1) is 0 Å². The number of rotatable bonds is 5. The molecule has 2 aliphatic rings. The third-order valence-electron chi connectivity index (χ3n) is 3.86. The fourth-order valence-corrected chi connectivity index (χ4v) is 2.35. The molecule has 0 amide bonds. The fourth-order valence-electron chi connectivity index (χ4n) is 2.35. The van der Waals surface area contributed by atoms with Crippen LogP contribution in [0.5, 0.6) is 0 Å². The third-order valence-corrected chi connectivity index (χ3v) is 3.86. The van der Waals surface area contributed by atoms with E-state index in [1.165, 1.54) is 12.2 Å². The number of ketones is 1. The van der Waals surface area contributed by atoms with Gasteiger partial charge < -0.3 is 9.47 Å². The summed E-state index contributed by atoms with van der Waals surface area (Å²) in [5.74, 6) is -0.303. The average Bonchev–Trinajstić information content (AvgIpc) is 3.37. The van der Waals surface area contributed by atoms with E-state index in [1.54, 1.807) is 30.3 Å². The molecule has 0 bridgehead atoms. The fraction of sp³-hybridized carbons (Fsp3) is 0.353. The lowest BCUT2D eigenvalue weighted by atomic mass is 9.88. The maximum atomic E-state index is 13.4. The molecular weight excluding hydrogens is 309 g/mol. The summed E-state index contributed by atoms with van der Waals surface area (Å²) >= 11 is 0. The van der Waals surface area contributed by atoms with Crippen molar-refractivity contribution < 1.29 is 27.4 Å². The Bertz CT molecular complexity index is 645. The highest BCUT2D eigenvalue weighted by molar-refractivity contribution is 6.10. The standard InChI is InChI=1S/C17H15F3O3/c18-17(19,20)16(23-11-14-10-22-14)8-6-13(7-9-16)15(21)12-4-2-1-3-5-12/h1-8,14H,9-11H2. The molecule has 1 aliphatic heterocycles. The van der Waals surface area contributed by atoms with Crippen LogP contribution in [0.1, 0.15) is 16.8 Å². The summed E-state index contributed by atoms with van der Waals surface area (Å²) in [6, 6.07) is 8.44. The summed E-state index contributed by atoms with van der Waals surface area (Å²) in [5.41, 5.74) is -1.71. The summed E-state index contributed by atoms with van der Waals surface area (Å²) in [6.07, 6.45) is -1.83. The largest absolute Gasteiger partial charge is 0.421 e. The predicted molar refractivity (Wildman–Crippen MR) is 77.1 cm³/mol. The van der Waals surface area contributed by atoms with E-state index in [2.05, 4.69) is 0 Å². The third kappa shape index (κ3) is 3.38. The van der Waals surface area contributed by atoms with Crippen molar-refractivity contribution in [2.45, 2.75) is 24.3 Å². The van der Waals surface area contributed by atoms with Gasteiger partial charge in [-0.25, -0.2) is 0 Å². The molecule has 23 heavy (non-hydrogen) atoms. The van der Waals surface area contributed by atoms with E-state index in [1.807, 2.05) is 0 Å². The van der Waals surface area contributed by atoms with Crippen LogP contribution in [0.4, 0.5) is 13.2 Å². The Hall–Kier alpha value is -1.92. The van der Waals surface area contributed by atoms with Gasteiger partial charge in [0.25, 0.3) is 0 Å². The number of halogens is 3. The molecule has 122 valence electrons. The van der Waals surface area contributed by atoms with E-state index in [-0.39, 0.29) is 24.1 Å². The van der Waals surface area contributed by atoms with Gasteiger partial charge in [-0.1, -0.05) is 42.5 Å². The molecule has 1 aromatic rings. The second-order valence-corrected chi connectivity index (χ2v) is 5.55. The van der Waals surface area contributed by atoms with E-state index in [9.17, 15) is 18.0 Å². The maximum Gasteiger partial charge on any atom is 0.421 e. The van der Waals surface area contributed by atoms with Gasteiger partial charge in [0, 0.05) is 17.6 Å². The molecule has 1 aromatic carbocycles. The van der Waals surface area contributed by atoms with Gasteiger partial charge in [-0.05, 0) is 6.08 Å². The first-order valence-corrected chi connectivity index (χ1v) is 7.23. The van der Waals surface area contributed by atoms with Crippen LogP contribution in [-0.4, -0.2) is 36.9 Å². The van der Waals surface area contributed by atoms with Gasteiger partial charge in [-0.3, -0.25) is 4.79 Å². The van der Waals surface area contributed by atoms with Gasteiger partial charge in [0.15, 0.2) is 11.4 Å². The number of hydrogen-bond donors (Lipinski definition) is 0. The van der Waals surface area contributed by atoms with Crippen LogP contribution in [-0.2, 0) is 9.47 Å². The number of carbonyl (C=O) groups excluding carboxylic acids is 1. The number of ether oxygens (including phenoxy) is 2. The first-order valence-electron chi connectivity index (χ1n) is 7.23. The van der Waals surface area contributed by atoms with Crippen molar-refractivity contribution in [2.24, 2.45) is 0 Å². The Morgan fingerprint density at radius 1 is 1.30 bits per heavy atom. The molecule has 0 saturated carbocycles. The van der Waals surface area contributed by atoms with E-state index < -0.39 is 18.2 Å². The molecule has 0 N–H and O–H groups in total. The summed E-state index contributed by atoms with van der Waals surface area (Å²) in [6.45, 7) is 0.310. The average molecular weight is 324 g/mol. The summed E-state index contributed by atoms with van der Waals surface area (Å²) in [7, 11) is 0. The zero-order chi connectivity index (χ0) is 16.5. The maximum absolute atomic E-state index is 13.4. The Labute approximate surface area is 131 Å². The minimum Gasteiger partial charge on any atom is -0.371 e. The van der Waals surface area contributed by atoms with Gasteiger partial charge in [0.05, 0.1) is 13.2 Å². The molecule has 2 atom stereocenters. The van der Waals surface area contributed by atoms with Crippen LogP contribution in [0.3, 0.4) is 0 Å². The van der Waals surface area contributed by atoms with E-state index >= 15 is 0 Å². The molecule has 0 radical (unpaired) electrons. The minimum absolute atomic E-state index is 0.111. The van der Waals surface area contributed by atoms with Crippen molar-refractivity contribution in [3.05, 3.63) is 59.7 Å². The lowest BCUT2D eigenvalue weighted by Crippen LogP contribution is -2.47. The number of alkyl halides is 3. The van der Waals surface area contributed by atoms with Crippen LogP contribution >= 0.6 is 0 Å². The van der Waals surface area contributed by atoms with Crippen molar-refractivity contribution in [3.8, 4) is 0 Å². The zero-order valence-corrected chi connectivity index (χ0v) is 12.2. The number of allylic oxidation sites excluding steroid dienone is 2. The first-order chi connectivity index (χ1) is 10.9. The van der Waals surface area contributed by atoms with Crippen LogP contribution in [0.25, 0.3) is 0 Å². The quantitative estimate of drug-likeness (QED) is 0.615. The molecule has 3 rings (SSSR count). The first kappa shape index (κ1) is 16.0. The molecule has 0 spiro atoms. The highest BCUT2D eigenvalue weighted by atomic mass is 19.4. The van der Waals surface area contributed by atoms with Crippen molar-refractivity contribution >= 4 is 5.78 Å². The lowest BCUT2D eigenvalue weighted by Gasteiger charge is -2.34. The monoisotopic (exact) mass is 324 g/mol. The van der Waals surface area contributed by atoms with Gasteiger partial charge in [0.1, 0.15) is 6.10 Å². The molecule has 2 unspecified atom stereocenters. The molecule has 1 fully saturated rings. The highest BCUT2D eigenvalue weighted by Gasteiger charge is 2.55. The van der Waals surface area contributed by atoms with Gasteiger partial charge in [-0.2, -0.15) is 13.2 Å². The smallest absolute Gasteiger partial charge is 0.371 e. The SMILES string of the molecule is O=C(C1=CCC(OCC2CO2)(C(F)(F)F)C=C1)c1ccccc1. The predicted octanol–water partition coefficient (Wildman–Crippen LogP) is 3.47. The Balaban J connectivity index is 1.76. The number of epoxide rings is 1. The minimum atomic E-state index is -4.56. The van der Waals surface area contributed by atoms with Crippen LogP contribution in [0.2, 0.25) is 0 Å². The molecule has 3 nitrogen and oxygen atoms in total. The summed E-state index contributed by atoms with van der Waals surface area (Å²) < 4.78 is 50.1. The Morgan fingerprint density at radius 2 is 2.00 bits per heavy atom. The summed E-state index contributed by atoms with van der Waals surface area (Å²) in [5, 5.41) is 0. The van der Waals surface area contributed by atoms with E-state index in [4.69, 9.17) is 9.47 Å². The molecule has 6 heteroatoms. The van der Waals surface area contributed by atoms with Crippen LogP contribution < -0.4 is 0 Å². The molecule has 1 aliphatic carbocycles. The molecule has 1 heterocycles. The second-order valence-electron chi connectivity index (χ2n) is 5.55. The number of hydrogen-bond acceptors (Lipinski definition) is 3. The second kappa shape index (κ2) is 5.94. The lowest BCUT2D eigenvalue weighted by molar-refractivity contribution is -0.257. The Morgan fingerprint density at radius 3 is 2.52 bits per heavy atom. The summed E-state index contributed by atoms with van der Waals surface area (Å²) in [4.78, 5) is 12.3. The van der Waals surface area contributed by atoms with Gasteiger partial charge >= 0.3 is 6.18 Å². The van der Waals surface area contributed by atoms with Crippen molar-refractivity contribution in [1.82, 2.24) is 0 Å². The number of carbonyl (C=O) groups is 1. The molecule has 0 aromatic heterocycles. The number of benzene rings is 1. The number of Topliss-reactive ketones (excluding diaryl/α,β-unsaturated/α-hetero) is 1. The van der Waals surface area contributed by atoms with Gasteiger partial charge in [0.2, 0.25) is 0 Å². The topological polar surface area (TPSA) is 38.8 Å². The Kier molecular flexibility index (Phi) is 4.12. The van der Waals surface area contributed by atoms with Crippen LogP contribution in [0.15, 0.2) is 54.1 Å². The van der Waals surface area contributed by atoms with Crippen LogP contribution in [0, 0.1) is 0 Å². The zero-order valence-electron chi connectivity index (χ0n) is 12.2. The van der Waals surface area contributed by atoms with Crippen molar-refractivity contribution in [2.75, 3.05) is 13.2 Å². The van der Waals surface area contributed by atoms with E-state index in [0.29, 0.717) is 12.2 Å². The normalized spacial score (nSPS) is 26.7. The van der Waals surface area contributed by atoms with Crippen molar-refractivity contribution in [3.63, 3.8) is 0 Å². The van der Waals surface area contributed by atoms with E-state index in [0.717, 1.165) is 6.08 Å². The van der Waals surface area contributed by atoms with Crippen molar-refractivity contribution in [1.29, 1.82) is 0 Å².